The molecule has 0 radical (unpaired) electrons. The van der Waals surface area contributed by atoms with Crippen LogP contribution in [0.2, 0.25) is 0 Å². The van der Waals surface area contributed by atoms with Gasteiger partial charge in [0.2, 0.25) is 0 Å². The summed E-state index contributed by atoms with van der Waals surface area (Å²) in [5.74, 6) is 0.380. The highest BCUT2D eigenvalue weighted by atomic mass is 32.1. The minimum atomic E-state index is -0.268. The van der Waals surface area contributed by atoms with Gasteiger partial charge >= 0.3 is 6.03 Å². The molecule has 9 nitrogen and oxygen atoms in total. The number of hydrogen-bond acceptors (Lipinski definition) is 8. The van der Waals surface area contributed by atoms with Gasteiger partial charge in [0.1, 0.15) is 16.5 Å². The number of rotatable bonds is 6. The smallest absolute Gasteiger partial charge is 0.324 e. The lowest BCUT2D eigenvalue weighted by molar-refractivity contribution is 0.0506. The second-order valence-corrected chi connectivity index (χ2v) is 11.3. The number of urea groups is 1. The maximum absolute atomic E-state index is 13.4. The molecular weight excluding hydrogens is 519 g/mol. The number of carbonyl (C=O) groups is 1. The van der Waals surface area contributed by atoms with E-state index in [9.17, 15) is 14.3 Å². The molecule has 4 aliphatic rings. The highest BCUT2D eigenvalue weighted by Gasteiger charge is 2.38. The van der Waals surface area contributed by atoms with E-state index in [0.29, 0.717) is 55.8 Å². The first-order valence-electron chi connectivity index (χ1n) is 13.2. The predicted molar refractivity (Wildman–Crippen MR) is 147 cm³/mol. The Morgan fingerprint density at radius 3 is 2.62 bits per heavy atom. The summed E-state index contributed by atoms with van der Waals surface area (Å²) in [5.41, 5.74) is 3.14. The van der Waals surface area contributed by atoms with E-state index in [1.54, 1.807) is 29.4 Å². The lowest BCUT2D eigenvalue weighted by Gasteiger charge is -2.39. The van der Waals surface area contributed by atoms with Gasteiger partial charge in [-0.3, -0.25) is 4.90 Å². The number of allylic oxidation sites excluding steroid dienone is 2. The molecule has 2 fully saturated rings. The third-order valence-corrected chi connectivity index (χ3v) is 8.30. The van der Waals surface area contributed by atoms with Crippen LogP contribution in [-0.4, -0.2) is 93.4 Å². The Bertz CT molecular complexity index is 1390. The highest BCUT2D eigenvalue weighted by Crippen LogP contribution is 2.34. The van der Waals surface area contributed by atoms with Crippen molar-refractivity contribution in [2.45, 2.75) is 26.3 Å². The number of thiazole rings is 1. The molecule has 0 aliphatic carbocycles. The zero-order valence-corrected chi connectivity index (χ0v) is 22.8. The second-order valence-electron chi connectivity index (χ2n) is 10.2. The maximum Gasteiger partial charge on any atom is 0.324 e. The van der Waals surface area contributed by atoms with Crippen LogP contribution in [0, 0.1) is 5.82 Å². The van der Waals surface area contributed by atoms with E-state index in [1.165, 1.54) is 23.5 Å². The number of amides is 2. The summed E-state index contributed by atoms with van der Waals surface area (Å²) in [5, 5.41) is 11.6. The van der Waals surface area contributed by atoms with E-state index in [4.69, 9.17) is 9.73 Å². The van der Waals surface area contributed by atoms with Crippen molar-refractivity contribution in [2.24, 2.45) is 4.99 Å². The summed E-state index contributed by atoms with van der Waals surface area (Å²) >= 11 is 1.44. The van der Waals surface area contributed by atoms with Crippen molar-refractivity contribution in [2.75, 3.05) is 45.9 Å². The average Bonchev–Trinajstić information content (AvgIpc) is 3.56. The monoisotopic (exact) mass is 550 g/mol. The van der Waals surface area contributed by atoms with Crippen LogP contribution in [0.3, 0.4) is 0 Å². The topological polar surface area (TPSA) is 84.7 Å². The van der Waals surface area contributed by atoms with Crippen molar-refractivity contribution in [1.82, 2.24) is 24.6 Å². The van der Waals surface area contributed by atoms with E-state index < -0.39 is 0 Å². The first-order valence-corrected chi connectivity index (χ1v) is 14.0. The first kappa shape index (κ1) is 25.6. The van der Waals surface area contributed by atoms with Gasteiger partial charge in [-0.25, -0.2) is 19.2 Å². The fraction of sp³-hybridized carbons (Fsp3) is 0.393. The number of nitrogens with zero attached hydrogens (tertiary/aromatic N) is 6. The maximum atomic E-state index is 13.4. The van der Waals surface area contributed by atoms with Crippen LogP contribution in [-0.2, 0) is 11.2 Å². The van der Waals surface area contributed by atoms with Gasteiger partial charge in [-0.15, -0.1) is 11.3 Å². The number of halogens is 1. The molecular formula is C28H31FN6O3S. The molecule has 0 spiro atoms. The van der Waals surface area contributed by atoms with E-state index in [0.717, 1.165) is 34.9 Å². The Balaban J connectivity index is 1.36. The SMILES string of the molecule is CC(C)N1CCN(C2=C3N=C(c4ncc(Cc5ccc(F)cc5)s4)C(O)=CN3CC(N3CCOCC3)=C2)C1=O. The fourth-order valence-electron chi connectivity index (χ4n) is 5.22. The minimum absolute atomic E-state index is 0.0283. The molecule has 0 bridgehead atoms. The van der Waals surface area contributed by atoms with Crippen LogP contribution in [0.5, 0.6) is 0 Å². The quantitative estimate of drug-likeness (QED) is 0.587. The molecule has 204 valence electrons. The largest absolute Gasteiger partial charge is 0.504 e. The van der Waals surface area contributed by atoms with Gasteiger partial charge in [0, 0.05) is 55.4 Å². The molecule has 5 heterocycles. The standard InChI is InChI=1S/C28H31FN6O3S/c1-18(2)34-7-8-35(28(34)37)23-14-21(32-9-11-38-12-10-32)16-33-17-24(36)25(31-26(23)33)27-30-15-22(39-27)13-19-3-5-20(29)6-4-19/h3-6,14-15,17-18,36H,7-13,16H2,1-2H3. The van der Waals surface area contributed by atoms with Crippen LogP contribution < -0.4 is 0 Å². The number of benzene rings is 1. The molecule has 2 amide bonds. The minimum Gasteiger partial charge on any atom is -0.504 e. The van der Waals surface area contributed by atoms with Gasteiger partial charge in [-0.2, -0.15) is 0 Å². The van der Waals surface area contributed by atoms with Gasteiger partial charge in [-0.05, 0) is 37.6 Å². The molecule has 1 N–H and O–H groups in total. The number of morpholine rings is 1. The van der Waals surface area contributed by atoms with Gasteiger partial charge in [0.15, 0.2) is 11.6 Å². The number of fused-ring (bicyclic) bond motifs is 1. The number of aromatic nitrogens is 1. The molecule has 0 unspecified atom stereocenters. The fourth-order valence-corrected chi connectivity index (χ4v) is 6.17. The van der Waals surface area contributed by atoms with Gasteiger partial charge in [0.05, 0.1) is 31.7 Å². The average molecular weight is 551 g/mol. The summed E-state index contributed by atoms with van der Waals surface area (Å²) in [4.78, 5) is 31.7. The Morgan fingerprint density at radius 2 is 1.90 bits per heavy atom. The molecule has 1 aromatic carbocycles. The van der Waals surface area contributed by atoms with Crippen molar-refractivity contribution in [1.29, 1.82) is 0 Å². The van der Waals surface area contributed by atoms with Gasteiger partial charge < -0.3 is 24.5 Å². The van der Waals surface area contributed by atoms with Gasteiger partial charge in [-0.1, -0.05) is 12.1 Å². The molecule has 39 heavy (non-hydrogen) atoms. The molecule has 0 saturated carbocycles. The molecule has 2 aromatic rings. The lowest BCUT2D eigenvalue weighted by atomic mass is 10.1. The zero-order valence-electron chi connectivity index (χ0n) is 22.0. The normalized spacial score (nSPS) is 20.0. The second kappa shape index (κ2) is 10.5. The zero-order chi connectivity index (χ0) is 27.1. The van der Waals surface area contributed by atoms with Gasteiger partial charge in [0.25, 0.3) is 0 Å². The Hall–Kier alpha value is -3.70. The third kappa shape index (κ3) is 5.04. The summed E-state index contributed by atoms with van der Waals surface area (Å²) < 4.78 is 18.8. The third-order valence-electron chi connectivity index (χ3n) is 7.30. The Labute approximate surface area is 230 Å². The molecule has 6 rings (SSSR count). The highest BCUT2D eigenvalue weighted by molar-refractivity contribution is 7.13. The number of aliphatic hydroxyl groups is 1. The number of aliphatic hydroxyl groups excluding tert-OH is 1. The van der Waals surface area contributed by atoms with Crippen LogP contribution in [0.15, 0.2) is 70.7 Å². The first-order chi connectivity index (χ1) is 18.9. The predicted octanol–water partition coefficient (Wildman–Crippen LogP) is 3.92. The number of ether oxygens (including phenoxy) is 1. The van der Waals surface area contributed by atoms with E-state index in [-0.39, 0.29) is 23.6 Å². The van der Waals surface area contributed by atoms with E-state index in [1.807, 2.05) is 23.6 Å². The van der Waals surface area contributed by atoms with Crippen LogP contribution in [0.1, 0.15) is 29.3 Å². The van der Waals surface area contributed by atoms with Crippen molar-refractivity contribution < 1.29 is 19.0 Å². The van der Waals surface area contributed by atoms with Crippen molar-refractivity contribution in [3.8, 4) is 0 Å². The van der Waals surface area contributed by atoms with E-state index in [2.05, 4.69) is 16.0 Å². The molecule has 11 heteroatoms. The lowest BCUT2D eigenvalue weighted by Crippen LogP contribution is -2.43. The van der Waals surface area contributed by atoms with Crippen LogP contribution in [0.4, 0.5) is 9.18 Å². The van der Waals surface area contributed by atoms with Crippen LogP contribution in [0.25, 0.3) is 0 Å². The Kier molecular flexibility index (Phi) is 6.86. The van der Waals surface area contributed by atoms with Crippen LogP contribution >= 0.6 is 11.3 Å². The number of aliphatic imine (C=N–C) groups is 1. The summed E-state index contributed by atoms with van der Waals surface area (Å²) in [6.07, 6.45) is 6.13. The Morgan fingerprint density at radius 1 is 1.13 bits per heavy atom. The molecule has 4 aliphatic heterocycles. The number of carbonyl (C=O) groups excluding carboxylic acids is 1. The van der Waals surface area contributed by atoms with E-state index >= 15 is 0 Å². The summed E-state index contributed by atoms with van der Waals surface area (Å²) in [7, 11) is 0. The molecule has 2 saturated heterocycles. The van der Waals surface area contributed by atoms with Crippen molar-refractivity contribution in [3.05, 3.63) is 87.0 Å². The summed E-state index contributed by atoms with van der Waals surface area (Å²) in [6, 6.07) is 6.46. The van der Waals surface area contributed by atoms with Crippen molar-refractivity contribution >= 4 is 23.1 Å². The number of hydrogen-bond donors (Lipinski definition) is 1. The van der Waals surface area contributed by atoms with Crippen molar-refractivity contribution in [3.63, 3.8) is 0 Å². The molecule has 0 atom stereocenters. The summed E-state index contributed by atoms with van der Waals surface area (Å²) in [6.45, 7) is 8.63. The molecule has 1 aromatic heterocycles.